The van der Waals surface area contributed by atoms with Crippen LogP contribution in [0.5, 0.6) is 0 Å². The monoisotopic (exact) mass is 416 g/mol. The lowest BCUT2D eigenvalue weighted by Crippen LogP contribution is -2.36. The largest absolute Gasteiger partial charge is 0.380 e. The van der Waals surface area contributed by atoms with Gasteiger partial charge in [-0.05, 0) is 36.1 Å². The van der Waals surface area contributed by atoms with Crippen LogP contribution in [0, 0.1) is 0 Å². The molecule has 30 heavy (non-hydrogen) atoms. The Morgan fingerprint density at radius 1 is 0.667 bits per heavy atom. The van der Waals surface area contributed by atoms with Crippen molar-refractivity contribution in [2.75, 3.05) is 13.1 Å². The molecule has 0 aliphatic heterocycles. The second-order valence-electron chi connectivity index (χ2n) is 7.73. The molecule has 3 aromatic rings. The number of hydrogen-bond donors (Lipinski definition) is 2. The number of rotatable bonds is 11. The molecule has 156 valence electrons. The van der Waals surface area contributed by atoms with Gasteiger partial charge in [-0.2, -0.15) is 0 Å². The Kier molecular flexibility index (Phi) is 8.61. The van der Waals surface area contributed by atoms with Gasteiger partial charge in [-0.1, -0.05) is 116 Å². The maximum atomic E-state index is 5.87. The van der Waals surface area contributed by atoms with Crippen LogP contribution >= 0.6 is 12.2 Å². The highest BCUT2D eigenvalue weighted by molar-refractivity contribution is 7.80. The van der Waals surface area contributed by atoms with Crippen molar-refractivity contribution in [1.29, 1.82) is 0 Å². The van der Waals surface area contributed by atoms with E-state index in [2.05, 4.69) is 96.3 Å². The lowest BCUT2D eigenvalue weighted by atomic mass is 9.67. The number of nitrogens with one attached hydrogen (secondary N) is 1. The van der Waals surface area contributed by atoms with E-state index >= 15 is 0 Å². The van der Waals surface area contributed by atoms with E-state index < -0.39 is 0 Å². The Balaban J connectivity index is 1.91. The molecule has 0 aliphatic rings. The summed E-state index contributed by atoms with van der Waals surface area (Å²) in [6, 6.07) is 32.2. The van der Waals surface area contributed by atoms with Crippen molar-refractivity contribution in [3.63, 3.8) is 0 Å². The molecule has 0 aliphatic carbocycles. The topological polar surface area (TPSA) is 38.0 Å². The Bertz CT molecular complexity index is 782. The van der Waals surface area contributed by atoms with Crippen molar-refractivity contribution in [3.8, 4) is 0 Å². The zero-order valence-electron chi connectivity index (χ0n) is 17.6. The second-order valence-corrected chi connectivity index (χ2v) is 8.23. The van der Waals surface area contributed by atoms with Crippen molar-refractivity contribution in [3.05, 3.63) is 108 Å². The van der Waals surface area contributed by atoms with Gasteiger partial charge >= 0.3 is 0 Å². The molecule has 0 atom stereocenters. The quantitative estimate of drug-likeness (QED) is 0.234. The molecule has 0 unspecified atom stereocenters. The number of benzene rings is 3. The average molecular weight is 417 g/mol. The summed E-state index contributed by atoms with van der Waals surface area (Å²) < 4.78 is 0. The highest BCUT2D eigenvalue weighted by Crippen LogP contribution is 2.42. The number of thiocarbonyl (C=S) groups is 1. The maximum absolute atomic E-state index is 5.87. The summed E-state index contributed by atoms with van der Waals surface area (Å²) in [7, 11) is 0. The first-order valence-corrected chi connectivity index (χ1v) is 11.3. The summed E-state index contributed by atoms with van der Waals surface area (Å²) in [6.45, 7) is 1.69. The molecule has 3 N–H and O–H groups in total. The van der Waals surface area contributed by atoms with E-state index in [0.29, 0.717) is 0 Å². The third-order valence-electron chi connectivity index (χ3n) is 5.68. The van der Waals surface area contributed by atoms with Gasteiger partial charge in [0.2, 0.25) is 0 Å². The first kappa shape index (κ1) is 22.2. The normalized spacial score (nSPS) is 11.2. The van der Waals surface area contributed by atoms with Gasteiger partial charge in [-0.3, -0.25) is 0 Å². The predicted molar refractivity (Wildman–Crippen MR) is 132 cm³/mol. The summed E-state index contributed by atoms with van der Waals surface area (Å²) in [6.07, 6.45) is 5.34. The van der Waals surface area contributed by atoms with Gasteiger partial charge in [0.05, 0.1) is 10.4 Å². The van der Waals surface area contributed by atoms with Crippen LogP contribution in [0.15, 0.2) is 91.0 Å². The molecule has 0 saturated heterocycles. The van der Waals surface area contributed by atoms with Crippen LogP contribution < -0.4 is 11.1 Å². The smallest absolute Gasteiger partial charge is 0.0769 e. The number of hydrogen-bond acceptors (Lipinski definition) is 2. The minimum atomic E-state index is -0.326. The predicted octanol–water partition coefficient (Wildman–Crippen LogP) is 5.85. The van der Waals surface area contributed by atoms with Gasteiger partial charge in [0, 0.05) is 13.0 Å². The minimum absolute atomic E-state index is 0.326. The third kappa shape index (κ3) is 5.56. The molecule has 0 aromatic heterocycles. The molecular weight excluding hydrogens is 384 g/mol. The number of nitrogens with two attached hydrogens (primary N) is 1. The van der Waals surface area contributed by atoms with Crippen LogP contribution in [0.2, 0.25) is 0 Å². The lowest BCUT2D eigenvalue weighted by Gasteiger charge is -2.36. The fourth-order valence-electron chi connectivity index (χ4n) is 4.13. The standard InChI is InChI=1S/C27H32N2S/c28-20-12-1-2-13-21-29-26(30)22-27(23-14-6-3-7-15-23,24-16-8-4-9-17-24)25-18-10-5-11-19-25/h3-11,14-19H,1-2,12-13,20-22,28H2,(H,29,30). The Morgan fingerprint density at radius 3 is 1.53 bits per heavy atom. The van der Waals surface area contributed by atoms with Crippen molar-refractivity contribution in [2.24, 2.45) is 5.73 Å². The SMILES string of the molecule is NCCCCCCNC(=S)CC(c1ccccc1)(c1ccccc1)c1ccccc1. The third-order valence-corrected chi connectivity index (χ3v) is 5.97. The van der Waals surface area contributed by atoms with E-state index in [1.807, 2.05) is 0 Å². The average Bonchev–Trinajstić information content (AvgIpc) is 2.81. The van der Waals surface area contributed by atoms with Crippen molar-refractivity contribution in [2.45, 2.75) is 37.5 Å². The van der Waals surface area contributed by atoms with Crippen LogP contribution in [0.1, 0.15) is 48.8 Å². The molecule has 0 radical (unpaired) electrons. The molecule has 3 aromatic carbocycles. The first-order valence-electron chi connectivity index (χ1n) is 10.9. The summed E-state index contributed by atoms with van der Waals surface area (Å²) in [5.74, 6) is 0. The van der Waals surface area contributed by atoms with E-state index in [1.54, 1.807) is 0 Å². The van der Waals surface area contributed by atoms with E-state index in [0.717, 1.165) is 37.3 Å². The van der Waals surface area contributed by atoms with Gasteiger partial charge in [-0.15, -0.1) is 0 Å². The van der Waals surface area contributed by atoms with Gasteiger partial charge < -0.3 is 11.1 Å². The van der Waals surface area contributed by atoms with Crippen molar-refractivity contribution in [1.82, 2.24) is 5.32 Å². The van der Waals surface area contributed by atoms with Crippen LogP contribution in [0.4, 0.5) is 0 Å². The van der Waals surface area contributed by atoms with Crippen molar-refractivity contribution >= 4 is 17.2 Å². The molecule has 3 heteroatoms. The van der Waals surface area contributed by atoms with E-state index in [4.69, 9.17) is 18.0 Å². The highest BCUT2D eigenvalue weighted by Gasteiger charge is 2.37. The van der Waals surface area contributed by atoms with Crippen LogP contribution in [0.3, 0.4) is 0 Å². The van der Waals surface area contributed by atoms with E-state index in [1.165, 1.54) is 29.5 Å². The van der Waals surface area contributed by atoms with Gasteiger partial charge in [-0.25, -0.2) is 0 Å². The summed E-state index contributed by atoms with van der Waals surface area (Å²) >= 11 is 5.87. The molecule has 0 heterocycles. The maximum Gasteiger partial charge on any atom is 0.0769 e. The number of unbranched alkanes of at least 4 members (excludes halogenated alkanes) is 3. The molecule has 0 spiro atoms. The Morgan fingerprint density at radius 2 is 1.10 bits per heavy atom. The molecular formula is C27H32N2S. The summed E-state index contributed by atoms with van der Waals surface area (Å²) in [5.41, 5.74) is 9.04. The van der Waals surface area contributed by atoms with Gasteiger partial charge in [0.15, 0.2) is 0 Å². The molecule has 0 saturated carbocycles. The molecule has 0 bridgehead atoms. The lowest BCUT2D eigenvalue weighted by molar-refractivity contribution is 0.616. The van der Waals surface area contributed by atoms with Crippen LogP contribution in [-0.2, 0) is 5.41 Å². The van der Waals surface area contributed by atoms with Gasteiger partial charge in [0.25, 0.3) is 0 Å². The van der Waals surface area contributed by atoms with E-state index in [9.17, 15) is 0 Å². The highest BCUT2D eigenvalue weighted by atomic mass is 32.1. The molecule has 2 nitrogen and oxygen atoms in total. The van der Waals surface area contributed by atoms with Crippen LogP contribution in [-0.4, -0.2) is 18.1 Å². The fourth-order valence-corrected chi connectivity index (χ4v) is 4.45. The fraction of sp³-hybridized carbons (Fsp3) is 0.296. The first-order chi connectivity index (χ1) is 14.8. The molecule has 3 rings (SSSR count). The van der Waals surface area contributed by atoms with Gasteiger partial charge in [0.1, 0.15) is 0 Å². The Hall–Kier alpha value is -2.49. The van der Waals surface area contributed by atoms with E-state index in [-0.39, 0.29) is 5.41 Å². The van der Waals surface area contributed by atoms with Crippen molar-refractivity contribution < 1.29 is 0 Å². The summed E-state index contributed by atoms with van der Waals surface area (Å²) in [5, 5.41) is 3.52. The molecule has 0 fully saturated rings. The zero-order valence-corrected chi connectivity index (χ0v) is 18.4. The minimum Gasteiger partial charge on any atom is -0.380 e. The molecule has 0 amide bonds. The second kappa shape index (κ2) is 11.6. The zero-order chi connectivity index (χ0) is 21.1. The van der Waals surface area contributed by atoms with Crippen LogP contribution in [0.25, 0.3) is 0 Å². The summed E-state index contributed by atoms with van der Waals surface area (Å²) in [4.78, 5) is 0.908. The Labute approximate surface area is 186 Å².